The SMILES string of the molecule is C/C=C1/C(=O)C23CCN(C)CCC1CC2N(C(C)=O)c1cc(OC)c(OC)cc13. The third-order valence-electron chi connectivity index (χ3n) is 7.13. The number of nitrogens with zero attached hydrogens (tertiary/aromatic N) is 2. The molecule has 1 saturated carbocycles. The Morgan fingerprint density at radius 2 is 1.90 bits per heavy atom. The molecular formula is C23H30N2O4. The molecule has 1 aromatic rings. The number of carbonyl (C=O) groups is 2. The van der Waals surface area contributed by atoms with Gasteiger partial charge in [0.1, 0.15) is 0 Å². The number of fused-ring (bicyclic) bond motifs is 6. The molecule has 1 spiro atoms. The number of ether oxygens (including phenoxy) is 2. The summed E-state index contributed by atoms with van der Waals surface area (Å²) in [5.41, 5.74) is 1.86. The molecule has 0 aromatic heterocycles. The summed E-state index contributed by atoms with van der Waals surface area (Å²) < 4.78 is 11.1. The molecule has 2 bridgehead atoms. The molecule has 6 heteroatoms. The second-order valence-electron chi connectivity index (χ2n) is 8.45. The van der Waals surface area contributed by atoms with Crippen molar-refractivity contribution in [3.63, 3.8) is 0 Å². The van der Waals surface area contributed by atoms with Gasteiger partial charge in [-0.15, -0.1) is 0 Å². The number of allylic oxidation sites excluding steroid dienone is 2. The van der Waals surface area contributed by atoms with Crippen LogP contribution in [0.3, 0.4) is 0 Å². The third kappa shape index (κ3) is 2.72. The molecule has 0 N–H and O–H groups in total. The highest BCUT2D eigenvalue weighted by Gasteiger charge is 2.61. The van der Waals surface area contributed by atoms with Crippen molar-refractivity contribution in [1.82, 2.24) is 4.90 Å². The first kappa shape index (κ1) is 20.0. The van der Waals surface area contributed by atoms with Gasteiger partial charge in [0.15, 0.2) is 17.3 Å². The zero-order chi connectivity index (χ0) is 20.9. The molecular weight excluding hydrogens is 368 g/mol. The number of carbonyl (C=O) groups excluding carboxylic acids is 2. The maximum atomic E-state index is 14.0. The lowest BCUT2D eigenvalue weighted by molar-refractivity contribution is -0.124. The number of Topliss-reactive ketones (excluding diaryl/α,β-unsaturated/α-hetero) is 1. The fraction of sp³-hybridized carbons (Fsp3) is 0.565. The molecule has 156 valence electrons. The number of rotatable bonds is 2. The second kappa shape index (κ2) is 7.17. The molecule has 0 radical (unpaired) electrons. The fourth-order valence-corrected chi connectivity index (χ4v) is 5.71. The molecule has 29 heavy (non-hydrogen) atoms. The van der Waals surface area contributed by atoms with Crippen molar-refractivity contribution in [2.45, 2.75) is 44.6 Å². The van der Waals surface area contributed by atoms with E-state index in [1.54, 1.807) is 21.1 Å². The van der Waals surface area contributed by atoms with Crippen LogP contribution in [-0.4, -0.2) is 57.0 Å². The van der Waals surface area contributed by atoms with Gasteiger partial charge in [-0.25, -0.2) is 0 Å². The maximum Gasteiger partial charge on any atom is 0.224 e. The van der Waals surface area contributed by atoms with Gasteiger partial charge in [0.2, 0.25) is 5.91 Å². The summed E-state index contributed by atoms with van der Waals surface area (Å²) in [5, 5.41) is 0. The molecule has 6 nitrogen and oxygen atoms in total. The van der Waals surface area contributed by atoms with Crippen LogP contribution in [0.4, 0.5) is 5.69 Å². The molecule has 1 aromatic carbocycles. The van der Waals surface area contributed by atoms with E-state index < -0.39 is 5.41 Å². The van der Waals surface area contributed by atoms with E-state index in [-0.39, 0.29) is 23.7 Å². The summed E-state index contributed by atoms with van der Waals surface area (Å²) in [7, 11) is 5.31. The summed E-state index contributed by atoms with van der Waals surface area (Å²) in [6.45, 7) is 5.32. The highest BCUT2D eigenvalue weighted by Crippen LogP contribution is 2.57. The Bertz CT molecular complexity index is 893. The van der Waals surface area contributed by atoms with E-state index in [1.807, 2.05) is 30.0 Å². The van der Waals surface area contributed by atoms with E-state index in [9.17, 15) is 9.59 Å². The van der Waals surface area contributed by atoms with Gasteiger partial charge in [-0.1, -0.05) is 6.08 Å². The lowest BCUT2D eigenvalue weighted by Gasteiger charge is -2.44. The number of hydrogen-bond donors (Lipinski definition) is 0. The zero-order valence-electron chi connectivity index (χ0n) is 17.9. The highest BCUT2D eigenvalue weighted by molar-refractivity contribution is 6.11. The Morgan fingerprint density at radius 1 is 1.21 bits per heavy atom. The topological polar surface area (TPSA) is 59.1 Å². The normalized spacial score (nSPS) is 30.4. The summed E-state index contributed by atoms with van der Waals surface area (Å²) in [4.78, 5) is 31.0. The first-order valence-corrected chi connectivity index (χ1v) is 10.3. The summed E-state index contributed by atoms with van der Waals surface area (Å²) in [5.74, 6) is 1.48. The van der Waals surface area contributed by atoms with Gasteiger partial charge in [0, 0.05) is 13.0 Å². The van der Waals surface area contributed by atoms with Crippen molar-refractivity contribution >= 4 is 17.4 Å². The van der Waals surface area contributed by atoms with Crippen molar-refractivity contribution in [3.8, 4) is 11.5 Å². The van der Waals surface area contributed by atoms with Gasteiger partial charge in [-0.2, -0.15) is 0 Å². The Hall–Kier alpha value is -2.34. The molecule has 3 fully saturated rings. The molecule has 5 rings (SSSR count). The summed E-state index contributed by atoms with van der Waals surface area (Å²) in [6, 6.07) is 3.62. The average Bonchev–Trinajstić information content (AvgIpc) is 3.03. The maximum absolute atomic E-state index is 14.0. The van der Waals surface area contributed by atoms with E-state index >= 15 is 0 Å². The van der Waals surface area contributed by atoms with Crippen LogP contribution in [0.1, 0.15) is 38.7 Å². The van der Waals surface area contributed by atoms with Crippen LogP contribution in [-0.2, 0) is 15.0 Å². The first-order chi connectivity index (χ1) is 13.9. The van der Waals surface area contributed by atoms with Crippen LogP contribution < -0.4 is 14.4 Å². The van der Waals surface area contributed by atoms with Crippen LogP contribution >= 0.6 is 0 Å². The summed E-state index contributed by atoms with van der Waals surface area (Å²) in [6.07, 6.45) is 4.41. The van der Waals surface area contributed by atoms with Crippen LogP contribution in [0.5, 0.6) is 11.5 Å². The fourth-order valence-electron chi connectivity index (χ4n) is 5.71. The Kier molecular flexibility index (Phi) is 4.93. The molecule has 3 heterocycles. The minimum Gasteiger partial charge on any atom is -0.493 e. The second-order valence-corrected chi connectivity index (χ2v) is 8.45. The van der Waals surface area contributed by atoms with Gasteiger partial charge in [0.05, 0.1) is 31.4 Å². The number of hydrogen-bond acceptors (Lipinski definition) is 5. The van der Waals surface area contributed by atoms with E-state index in [0.717, 1.165) is 42.8 Å². The molecule has 3 unspecified atom stereocenters. The van der Waals surface area contributed by atoms with Crippen molar-refractivity contribution in [2.24, 2.45) is 5.92 Å². The van der Waals surface area contributed by atoms with Crippen LogP contribution in [0.15, 0.2) is 23.8 Å². The summed E-state index contributed by atoms with van der Waals surface area (Å²) >= 11 is 0. The molecule has 2 saturated heterocycles. The minimum absolute atomic E-state index is 0.0339. The standard InChI is InChI=1S/C23H30N2O4/c1-6-16-15-7-9-24(3)10-8-23(22(16)27)17-12-19(28-4)20(29-5)13-18(17)25(14(2)26)21(23)11-15/h6,12-13,15,21H,7-11H2,1-5H3/b16-6+. The predicted molar refractivity (Wildman–Crippen MR) is 112 cm³/mol. The Balaban J connectivity index is 2.02. The zero-order valence-corrected chi connectivity index (χ0v) is 17.9. The van der Waals surface area contributed by atoms with E-state index in [1.165, 1.54) is 0 Å². The van der Waals surface area contributed by atoms with Crippen LogP contribution in [0, 0.1) is 5.92 Å². The molecule has 1 amide bonds. The Morgan fingerprint density at radius 3 is 2.52 bits per heavy atom. The van der Waals surface area contributed by atoms with Gasteiger partial charge in [0.25, 0.3) is 0 Å². The van der Waals surface area contributed by atoms with Gasteiger partial charge in [-0.3, -0.25) is 9.59 Å². The minimum atomic E-state index is -0.739. The predicted octanol–water partition coefficient (Wildman–Crippen LogP) is 2.94. The van der Waals surface area contributed by atoms with Crippen LogP contribution in [0.25, 0.3) is 0 Å². The lowest BCUT2D eigenvalue weighted by atomic mass is 9.60. The largest absolute Gasteiger partial charge is 0.493 e. The van der Waals surface area contributed by atoms with Crippen molar-refractivity contribution in [2.75, 3.05) is 39.3 Å². The van der Waals surface area contributed by atoms with Crippen molar-refractivity contribution in [3.05, 3.63) is 29.3 Å². The Labute approximate surface area is 172 Å². The van der Waals surface area contributed by atoms with Gasteiger partial charge in [-0.05, 0) is 69.4 Å². The number of ketones is 1. The average molecular weight is 399 g/mol. The van der Waals surface area contributed by atoms with Crippen LogP contribution in [0.2, 0.25) is 0 Å². The first-order valence-electron chi connectivity index (χ1n) is 10.3. The quantitative estimate of drug-likeness (QED) is 0.717. The molecule has 3 aliphatic heterocycles. The van der Waals surface area contributed by atoms with Crippen molar-refractivity contribution < 1.29 is 19.1 Å². The van der Waals surface area contributed by atoms with E-state index in [0.29, 0.717) is 17.9 Å². The third-order valence-corrected chi connectivity index (χ3v) is 7.13. The smallest absolute Gasteiger partial charge is 0.224 e. The number of anilines is 1. The molecule has 3 atom stereocenters. The number of methoxy groups -OCH3 is 2. The number of benzene rings is 1. The molecule has 4 aliphatic rings. The number of amides is 1. The monoisotopic (exact) mass is 398 g/mol. The van der Waals surface area contributed by atoms with Gasteiger partial charge >= 0.3 is 0 Å². The van der Waals surface area contributed by atoms with Crippen molar-refractivity contribution in [1.29, 1.82) is 0 Å². The van der Waals surface area contributed by atoms with E-state index in [4.69, 9.17) is 9.47 Å². The van der Waals surface area contributed by atoms with E-state index in [2.05, 4.69) is 11.9 Å². The highest BCUT2D eigenvalue weighted by atomic mass is 16.5. The van der Waals surface area contributed by atoms with Gasteiger partial charge < -0.3 is 19.3 Å². The lowest BCUT2D eigenvalue weighted by Crippen LogP contribution is -2.56. The molecule has 1 aliphatic carbocycles.